The van der Waals surface area contributed by atoms with Crippen LogP contribution in [0.5, 0.6) is 0 Å². The van der Waals surface area contributed by atoms with Gasteiger partial charge in [-0.05, 0) is 43.5 Å². The maximum atomic E-state index is 11.9. The zero-order valence-corrected chi connectivity index (χ0v) is 14.4. The van der Waals surface area contributed by atoms with Gasteiger partial charge in [-0.2, -0.15) is 0 Å². The van der Waals surface area contributed by atoms with Crippen molar-refractivity contribution in [2.24, 2.45) is 7.05 Å². The summed E-state index contributed by atoms with van der Waals surface area (Å²) in [4.78, 5) is 18.7. The van der Waals surface area contributed by atoms with Crippen LogP contribution in [-0.4, -0.2) is 28.7 Å². The third-order valence-corrected chi connectivity index (χ3v) is 4.60. The molecule has 6 heteroatoms. The average molecular weight is 327 g/mol. The van der Waals surface area contributed by atoms with E-state index in [0.29, 0.717) is 13.1 Å². The SMILES string of the molecule is Cc1ccc(CNC(=O)NCc2ccc(N3CCCC3)nc2)n1C. The lowest BCUT2D eigenvalue weighted by Crippen LogP contribution is -2.35. The summed E-state index contributed by atoms with van der Waals surface area (Å²) >= 11 is 0. The maximum absolute atomic E-state index is 11.9. The van der Waals surface area contributed by atoms with Crippen LogP contribution in [0.2, 0.25) is 0 Å². The van der Waals surface area contributed by atoms with Crippen molar-refractivity contribution in [3.63, 3.8) is 0 Å². The molecule has 128 valence electrons. The second kappa shape index (κ2) is 7.38. The number of rotatable bonds is 5. The van der Waals surface area contributed by atoms with Crippen LogP contribution in [0.15, 0.2) is 30.5 Å². The van der Waals surface area contributed by atoms with Crippen LogP contribution >= 0.6 is 0 Å². The lowest BCUT2D eigenvalue weighted by molar-refractivity contribution is 0.240. The highest BCUT2D eigenvalue weighted by molar-refractivity contribution is 5.73. The minimum absolute atomic E-state index is 0.169. The first-order valence-electron chi connectivity index (χ1n) is 8.46. The van der Waals surface area contributed by atoms with Crippen LogP contribution in [0, 0.1) is 6.92 Å². The zero-order chi connectivity index (χ0) is 16.9. The molecular formula is C18H25N5O. The first-order valence-corrected chi connectivity index (χ1v) is 8.46. The highest BCUT2D eigenvalue weighted by atomic mass is 16.2. The molecule has 0 saturated carbocycles. The summed E-state index contributed by atoms with van der Waals surface area (Å²) in [6.07, 6.45) is 4.33. The van der Waals surface area contributed by atoms with Gasteiger partial charge in [0.2, 0.25) is 0 Å². The predicted octanol–water partition coefficient (Wildman–Crippen LogP) is 2.33. The molecule has 3 heterocycles. The molecule has 1 aliphatic heterocycles. The third kappa shape index (κ3) is 3.88. The highest BCUT2D eigenvalue weighted by Gasteiger charge is 2.13. The van der Waals surface area contributed by atoms with E-state index < -0.39 is 0 Å². The van der Waals surface area contributed by atoms with Gasteiger partial charge in [0.1, 0.15) is 5.82 Å². The molecule has 0 bridgehead atoms. The van der Waals surface area contributed by atoms with Gasteiger partial charge in [0.15, 0.2) is 0 Å². The summed E-state index contributed by atoms with van der Waals surface area (Å²) in [6.45, 7) is 5.22. The summed E-state index contributed by atoms with van der Waals surface area (Å²) in [5.74, 6) is 1.03. The fraction of sp³-hybridized carbons (Fsp3) is 0.444. The molecule has 24 heavy (non-hydrogen) atoms. The molecule has 1 aliphatic rings. The molecule has 2 N–H and O–H groups in total. The van der Waals surface area contributed by atoms with E-state index in [9.17, 15) is 4.79 Å². The van der Waals surface area contributed by atoms with Crippen LogP contribution in [-0.2, 0) is 20.1 Å². The van der Waals surface area contributed by atoms with Gasteiger partial charge in [-0.15, -0.1) is 0 Å². The number of pyridine rings is 1. The Labute approximate surface area is 142 Å². The Morgan fingerprint density at radius 3 is 2.50 bits per heavy atom. The van der Waals surface area contributed by atoms with Gasteiger partial charge in [0.05, 0.1) is 6.54 Å². The smallest absolute Gasteiger partial charge is 0.315 e. The Morgan fingerprint density at radius 2 is 1.88 bits per heavy atom. The van der Waals surface area contributed by atoms with Crippen LogP contribution in [0.1, 0.15) is 29.8 Å². The van der Waals surface area contributed by atoms with Crippen LogP contribution in [0.3, 0.4) is 0 Å². The molecule has 6 nitrogen and oxygen atoms in total. The van der Waals surface area contributed by atoms with Gasteiger partial charge in [-0.25, -0.2) is 9.78 Å². The topological polar surface area (TPSA) is 62.2 Å². The number of aryl methyl sites for hydroxylation is 1. The molecule has 2 amide bonds. The van der Waals surface area contributed by atoms with Gasteiger partial charge in [0, 0.05) is 44.3 Å². The quantitative estimate of drug-likeness (QED) is 0.886. The Morgan fingerprint density at radius 1 is 1.12 bits per heavy atom. The fourth-order valence-corrected chi connectivity index (χ4v) is 2.91. The molecule has 0 aromatic carbocycles. The molecule has 3 rings (SSSR count). The summed E-state index contributed by atoms with van der Waals surface area (Å²) < 4.78 is 2.07. The van der Waals surface area contributed by atoms with E-state index in [-0.39, 0.29) is 6.03 Å². The van der Waals surface area contributed by atoms with Crippen molar-refractivity contribution in [3.05, 3.63) is 47.4 Å². The third-order valence-electron chi connectivity index (χ3n) is 4.60. The minimum atomic E-state index is -0.169. The second-order valence-corrected chi connectivity index (χ2v) is 6.28. The number of carbonyl (C=O) groups excluding carboxylic acids is 1. The second-order valence-electron chi connectivity index (χ2n) is 6.28. The minimum Gasteiger partial charge on any atom is -0.357 e. The standard InChI is InChI=1S/C18H25N5O/c1-14-5-7-16(22(14)2)13-21-18(24)20-12-15-6-8-17(19-11-15)23-9-3-4-10-23/h5-8,11H,3-4,9-10,12-13H2,1-2H3,(H2,20,21,24). The maximum Gasteiger partial charge on any atom is 0.315 e. The molecule has 0 spiro atoms. The highest BCUT2D eigenvalue weighted by Crippen LogP contribution is 2.17. The summed E-state index contributed by atoms with van der Waals surface area (Å²) in [7, 11) is 2.00. The fourth-order valence-electron chi connectivity index (χ4n) is 2.91. The van der Waals surface area contributed by atoms with Crippen molar-refractivity contribution in [2.75, 3.05) is 18.0 Å². The van der Waals surface area contributed by atoms with Crippen molar-refractivity contribution in [3.8, 4) is 0 Å². The van der Waals surface area contributed by atoms with E-state index in [2.05, 4.69) is 25.1 Å². The Hall–Kier alpha value is -2.50. The van der Waals surface area contributed by atoms with E-state index >= 15 is 0 Å². The number of nitrogens with one attached hydrogen (secondary N) is 2. The molecule has 1 saturated heterocycles. The monoisotopic (exact) mass is 327 g/mol. The number of hydrogen-bond donors (Lipinski definition) is 2. The largest absolute Gasteiger partial charge is 0.357 e. The Bertz CT molecular complexity index is 686. The number of anilines is 1. The normalized spacial score (nSPS) is 14.0. The van der Waals surface area contributed by atoms with Gasteiger partial charge < -0.3 is 20.1 Å². The lowest BCUT2D eigenvalue weighted by Gasteiger charge is -2.16. The van der Waals surface area contributed by atoms with Crippen molar-refractivity contribution < 1.29 is 4.79 Å². The van der Waals surface area contributed by atoms with E-state index in [0.717, 1.165) is 30.2 Å². The number of hydrogen-bond acceptors (Lipinski definition) is 3. The Kier molecular flexibility index (Phi) is 5.03. The molecule has 2 aromatic heterocycles. The average Bonchev–Trinajstić information content (AvgIpc) is 3.24. The van der Waals surface area contributed by atoms with Gasteiger partial charge in [-0.1, -0.05) is 6.07 Å². The van der Waals surface area contributed by atoms with Crippen LogP contribution in [0.25, 0.3) is 0 Å². The first kappa shape index (κ1) is 16.4. The predicted molar refractivity (Wildman–Crippen MR) is 94.9 cm³/mol. The summed E-state index contributed by atoms with van der Waals surface area (Å²) in [5.41, 5.74) is 3.26. The van der Waals surface area contributed by atoms with Gasteiger partial charge in [0.25, 0.3) is 0 Å². The number of aromatic nitrogens is 2. The molecule has 0 radical (unpaired) electrons. The van der Waals surface area contributed by atoms with Crippen LogP contribution < -0.4 is 15.5 Å². The number of carbonyl (C=O) groups is 1. The van der Waals surface area contributed by atoms with Gasteiger partial charge >= 0.3 is 6.03 Å². The van der Waals surface area contributed by atoms with Crippen molar-refractivity contribution in [1.29, 1.82) is 0 Å². The summed E-state index contributed by atoms with van der Waals surface area (Å²) in [5, 5.41) is 5.75. The van der Waals surface area contributed by atoms with Crippen LogP contribution in [0.4, 0.5) is 10.6 Å². The van der Waals surface area contributed by atoms with E-state index in [1.165, 1.54) is 18.5 Å². The molecule has 1 fully saturated rings. The molecule has 0 atom stereocenters. The number of amides is 2. The van der Waals surface area contributed by atoms with Gasteiger partial charge in [-0.3, -0.25) is 0 Å². The van der Waals surface area contributed by atoms with Crippen molar-refractivity contribution in [1.82, 2.24) is 20.2 Å². The van der Waals surface area contributed by atoms with Crippen molar-refractivity contribution >= 4 is 11.8 Å². The molecule has 2 aromatic rings. The zero-order valence-electron chi connectivity index (χ0n) is 14.4. The van der Waals surface area contributed by atoms with E-state index in [4.69, 9.17) is 0 Å². The number of urea groups is 1. The molecular weight excluding hydrogens is 302 g/mol. The molecule has 0 aliphatic carbocycles. The first-order chi connectivity index (χ1) is 11.6. The summed E-state index contributed by atoms with van der Waals surface area (Å²) in [6, 6.07) is 7.96. The lowest BCUT2D eigenvalue weighted by atomic mass is 10.3. The van der Waals surface area contributed by atoms with E-state index in [1.807, 2.05) is 44.4 Å². The molecule has 0 unspecified atom stereocenters. The Balaban J connectivity index is 1.44. The van der Waals surface area contributed by atoms with E-state index in [1.54, 1.807) is 0 Å². The number of nitrogens with zero attached hydrogens (tertiary/aromatic N) is 3. The van der Waals surface area contributed by atoms with Crippen molar-refractivity contribution in [2.45, 2.75) is 32.9 Å².